The molecule has 4 rings (SSSR count). The van der Waals surface area contributed by atoms with Gasteiger partial charge in [0.25, 0.3) is 0 Å². The monoisotopic (exact) mass is 642 g/mol. The lowest BCUT2D eigenvalue weighted by molar-refractivity contribution is -0.276. The van der Waals surface area contributed by atoms with Crippen LogP contribution in [0.5, 0.6) is 11.5 Å². The van der Waals surface area contributed by atoms with Crippen LogP contribution in [0.2, 0.25) is 0 Å². The fourth-order valence-electron chi connectivity index (χ4n) is 6.38. The molecule has 2 fully saturated rings. The van der Waals surface area contributed by atoms with Gasteiger partial charge in [-0.1, -0.05) is 36.4 Å². The average molecular weight is 643 g/mol. The van der Waals surface area contributed by atoms with Gasteiger partial charge in [0.1, 0.15) is 0 Å². The summed E-state index contributed by atoms with van der Waals surface area (Å²) in [4.78, 5) is 0. The molecule has 45 heavy (non-hydrogen) atoms. The molecule has 2 aliphatic carbocycles. The molecule has 246 valence electrons. The number of hydrogen-bond donors (Lipinski definition) is 0. The third kappa shape index (κ3) is 10.1. The Labute approximate surface area is 258 Å². The molecule has 0 aromatic heterocycles. The van der Waals surface area contributed by atoms with Crippen molar-refractivity contribution >= 4 is 6.08 Å². The summed E-state index contributed by atoms with van der Waals surface area (Å²) in [5.74, 6) is -5.47. The highest BCUT2D eigenvalue weighted by Gasteiger charge is 2.40. The highest BCUT2D eigenvalue weighted by atomic mass is 19.4. The van der Waals surface area contributed by atoms with Crippen molar-refractivity contribution in [1.82, 2.24) is 0 Å². The van der Waals surface area contributed by atoms with Crippen molar-refractivity contribution in [1.29, 1.82) is 0 Å². The van der Waals surface area contributed by atoms with Crippen LogP contribution in [0, 0.1) is 41.1 Å². The van der Waals surface area contributed by atoms with Crippen LogP contribution in [0.1, 0.15) is 81.8 Å². The third-order valence-electron chi connectivity index (χ3n) is 8.79. The molecule has 0 unspecified atom stereocenters. The highest BCUT2D eigenvalue weighted by Crippen LogP contribution is 2.42. The number of halogens is 8. The minimum Gasteiger partial charge on any atom is -0.426 e. The van der Waals surface area contributed by atoms with Crippen molar-refractivity contribution in [2.75, 3.05) is 0 Å². The van der Waals surface area contributed by atoms with Crippen molar-refractivity contribution in [2.45, 2.75) is 83.1 Å². The van der Waals surface area contributed by atoms with E-state index in [0.29, 0.717) is 17.4 Å². The summed E-state index contributed by atoms with van der Waals surface area (Å²) in [6, 6.07) is 3.20. The number of hydrogen-bond acceptors (Lipinski definition) is 2. The number of unbranched alkanes of at least 4 members (excludes halogenated alkanes) is 2. The Balaban J connectivity index is 1.26. The SMILES string of the molecule is C=CCCC/C=C/C1CCC(C2CCC(/C=C/c3ccc(OC(F)(F)c4cc(F)c(OC(F)(F)F)c(F)c4)c(F)c3)CC2)CC1. The topological polar surface area (TPSA) is 18.5 Å². The fourth-order valence-corrected chi connectivity index (χ4v) is 6.38. The molecule has 0 saturated heterocycles. The summed E-state index contributed by atoms with van der Waals surface area (Å²) in [6.45, 7) is 3.76. The van der Waals surface area contributed by atoms with Crippen LogP contribution in [0.25, 0.3) is 6.08 Å². The number of benzene rings is 2. The molecule has 0 amide bonds. The summed E-state index contributed by atoms with van der Waals surface area (Å²) in [7, 11) is 0. The predicted octanol–water partition coefficient (Wildman–Crippen LogP) is 11.7. The average Bonchev–Trinajstić information content (AvgIpc) is 2.99. The summed E-state index contributed by atoms with van der Waals surface area (Å²) in [5.41, 5.74) is -1.03. The maximum atomic E-state index is 14.7. The van der Waals surface area contributed by atoms with Crippen LogP contribution in [-0.2, 0) is 6.11 Å². The molecule has 0 bridgehead atoms. The zero-order valence-corrected chi connectivity index (χ0v) is 24.9. The zero-order valence-electron chi connectivity index (χ0n) is 24.9. The first-order valence-electron chi connectivity index (χ1n) is 15.4. The quantitative estimate of drug-likeness (QED) is 0.130. The van der Waals surface area contributed by atoms with Crippen molar-refractivity contribution < 1.29 is 44.6 Å². The van der Waals surface area contributed by atoms with Crippen LogP contribution in [0.4, 0.5) is 35.1 Å². The predicted molar refractivity (Wildman–Crippen MR) is 157 cm³/mol. The van der Waals surface area contributed by atoms with E-state index >= 15 is 0 Å². The first-order valence-corrected chi connectivity index (χ1v) is 15.4. The fraction of sp³-hybridized carbons (Fsp3) is 0.486. The van der Waals surface area contributed by atoms with Crippen LogP contribution in [0.3, 0.4) is 0 Å². The molecule has 2 aromatic carbocycles. The third-order valence-corrected chi connectivity index (χ3v) is 8.79. The van der Waals surface area contributed by atoms with Gasteiger partial charge in [0.2, 0.25) is 5.75 Å². The van der Waals surface area contributed by atoms with E-state index in [2.05, 4.69) is 28.2 Å². The normalized spacial score (nSPS) is 23.0. The summed E-state index contributed by atoms with van der Waals surface area (Å²) in [6.07, 6.45) is 13.2. The Bertz CT molecular complexity index is 1310. The van der Waals surface area contributed by atoms with Gasteiger partial charge in [0.15, 0.2) is 23.2 Å². The van der Waals surface area contributed by atoms with Gasteiger partial charge in [-0.25, -0.2) is 13.2 Å². The van der Waals surface area contributed by atoms with E-state index in [1.54, 1.807) is 6.08 Å². The number of alkyl halides is 5. The zero-order chi connectivity index (χ0) is 32.6. The van der Waals surface area contributed by atoms with E-state index in [4.69, 9.17) is 0 Å². The maximum absolute atomic E-state index is 14.7. The molecular formula is C35H38F8O2. The summed E-state index contributed by atoms with van der Waals surface area (Å²) >= 11 is 0. The van der Waals surface area contributed by atoms with Gasteiger partial charge in [-0.15, -0.1) is 19.8 Å². The number of rotatable bonds is 12. The lowest BCUT2D eigenvalue weighted by Gasteiger charge is -2.37. The second kappa shape index (κ2) is 15.3. The second-order valence-corrected chi connectivity index (χ2v) is 12.0. The Morgan fingerprint density at radius 1 is 0.711 bits per heavy atom. The van der Waals surface area contributed by atoms with Gasteiger partial charge < -0.3 is 9.47 Å². The molecule has 0 radical (unpaired) electrons. The largest absolute Gasteiger partial charge is 0.573 e. The molecule has 2 nitrogen and oxygen atoms in total. The van der Waals surface area contributed by atoms with Gasteiger partial charge in [0.05, 0.1) is 5.56 Å². The first kappa shape index (κ1) is 34.6. The summed E-state index contributed by atoms with van der Waals surface area (Å²) < 4.78 is 116. The molecular weight excluding hydrogens is 604 g/mol. The molecule has 0 heterocycles. The van der Waals surface area contributed by atoms with Gasteiger partial charge >= 0.3 is 12.5 Å². The Hall–Kier alpha value is -3.30. The molecule has 0 atom stereocenters. The van der Waals surface area contributed by atoms with E-state index < -0.39 is 47.0 Å². The maximum Gasteiger partial charge on any atom is 0.573 e. The van der Waals surface area contributed by atoms with Crippen molar-refractivity contribution in [3.8, 4) is 11.5 Å². The van der Waals surface area contributed by atoms with Crippen LogP contribution in [0.15, 0.2) is 61.2 Å². The molecule has 2 aromatic rings. The van der Waals surface area contributed by atoms with E-state index in [-0.39, 0.29) is 12.1 Å². The Morgan fingerprint density at radius 2 is 1.29 bits per heavy atom. The smallest absolute Gasteiger partial charge is 0.426 e. The molecule has 2 saturated carbocycles. The van der Waals surface area contributed by atoms with Crippen molar-refractivity contribution in [3.05, 3.63) is 89.8 Å². The van der Waals surface area contributed by atoms with Crippen molar-refractivity contribution in [3.63, 3.8) is 0 Å². The standard InChI is InChI=1S/C35H38F8O2/c1-2-3-4-5-6-7-23-10-15-26(16-11-23)27-17-12-24(13-18-27)8-9-25-14-19-32(29(36)20-25)44-34(39,40)28-21-30(37)33(31(38)22-28)45-35(41,42)43/h2,6-9,14,19-24,26-27H,1,3-5,10-13,15-18H2/b7-6+,9-8+. The lowest BCUT2D eigenvalue weighted by Crippen LogP contribution is -2.25. The van der Waals surface area contributed by atoms with E-state index in [1.807, 2.05) is 12.2 Å². The van der Waals surface area contributed by atoms with Gasteiger partial charge in [-0.3, -0.25) is 0 Å². The van der Waals surface area contributed by atoms with Gasteiger partial charge in [0, 0.05) is 0 Å². The Kier molecular flexibility index (Phi) is 11.8. The Morgan fingerprint density at radius 3 is 1.82 bits per heavy atom. The first-order chi connectivity index (χ1) is 21.3. The van der Waals surface area contributed by atoms with Crippen molar-refractivity contribution in [2.24, 2.45) is 23.7 Å². The molecule has 2 aliphatic rings. The molecule has 10 heteroatoms. The van der Waals surface area contributed by atoms with Crippen LogP contribution < -0.4 is 9.47 Å². The van der Waals surface area contributed by atoms with Crippen LogP contribution in [-0.4, -0.2) is 6.36 Å². The lowest BCUT2D eigenvalue weighted by atomic mass is 9.69. The van der Waals surface area contributed by atoms with Crippen LogP contribution >= 0.6 is 0 Å². The number of allylic oxidation sites excluding steroid dienone is 4. The van der Waals surface area contributed by atoms with E-state index in [0.717, 1.165) is 68.9 Å². The highest BCUT2D eigenvalue weighted by molar-refractivity contribution is 5.51. The van der Waals surface area contributed by atoms with Gasteiger partial charge in [-0.05, 0) is 124 Å². The molecule has 0 N–H and O–H groups in total. The molecule has 0 spiro atoms. The summed E-state index contributed by atoms with van der Waals surface area (Å²) in [5, 5.41) is 0. The van der Waals surface area contributed by atoms with Gasteiger partial charge in [-0.2, -0.15) is 8.78 Å². The minimum atomic E-state index is -5.44. The number of ether oxygens (including phenoxy) is 2. The minimum absolute atomic E-state index is 0.0653. The second-order valence-electron chi connectivity index (χ2n) is 12.0. The molecule has 0 aliphatic heterocycles. The van der Waals surface area contributed by atoms with E-state index in [1.165, 1.54) is 31.7 Å². The van der Waals surface area contributed by atoms with E-state index in [9.17, 15) is 35.1 Å².